The van der Waals surface area contributed by atoms with Crippen molar-refractivity contribution in [2.24, 2.45) is 10.7 Å². The first kappa shape index (κ1) is 16.5. The molecule has 1 unspecified atom stereocenters. The van der Waals surface area contributed by atoms with Crippen LogP contribution in [-0.2, 0) is 9.84 Å². The molecule has 2 rings (SSSR count). The average molecular weight is 328 g/mol. The van der Waals surface area contributed by atoms with E-state index < -0.39 is 15.2 Å². The van der Waals surface area contributed by atoms with Gasteiger partial charge in [-0.1, -0.05) is 48.0 Å². The molecule has 0 aliphatic heterocycles. The van der Waals surface area contributed by atoms with Crippen LogP contribution in [0.25, 0.3) is 0 Å². The van der Waals surface area contributed by atoms with Gasteiger partial charge in [-0.2, -0.15) is 5.26 Å². The van der Waals surface area contributed by atoms with Gasteiger partial charge in [-0.25, -0.2) is 13.4 Å². The van der Waals surface area contributed by atoms with E-state index in [1.165, 1.54) is 12.1 Å². The fourth-order valence-corrected chi connectivity index (χ4v) is 3.55. The molecule has 7 heteroatoms. The number of hydrogen-bond acceptors (Lipinski definition) is 4. The third-order valence-corrected chi connectivity index (χ3v) is 5.06. The Hall–Kier alpha value is -2.85. The van der Waals surface area contributed by atoms with Crippen LogP contribution < -0.4 is 11.1 Å². The summed E-state index contributed by atoms with van der Waals surface area (Å²) in [5.41, 5.74) is 6.99. The van der Waals surface area contributed by atoms with Crippen molar-refractivity contribution in [3.8, 4) is 6.19 Å². The van der Waals surface area contributed by atoms with Crippen molar-refractivity contribution in [2.45, 2.75) is 17.2 Å². The highest BCUT2D eigenvalue weighted by molar-refractivity contribution is 7.91. The monoisotopic (exact) mass is 328 g/mol. The first-order valence-electron chi connectivity index (χ1n) is 6.79. The Morgan fingerprint density at radius 2 is 1.78 bits per heavy atom. The number of nitrogens with zero attached hydrogens (tertiary/aromatic N) is 2. The Labute approximate surface area is 135 Å². The van der Waals surface area contributed by atoms with Crippen LogP contribution in [-0.4, -0.2) is 14.4 Å². The van der Waals surface area contributed by atoms with Crippen LogP contribution in [0.1, 0.15) is 16.5 Å². The summed E-state index contributed by atoms with van der Waals surface area (Å²) >= 11 is 0. The highest BCUT2D eigenvalue weighted by atomic mass is 32.2. The zero-order valence-corrected chi connectivity index (χ0v) is 13.3. The summed E-state index contributed by atoms with van der Waals surface area (Å²) in [6.45, 7) is 1.87. The minimum atomic E-state index is -3.80. The van der Waals surface area contributed by atoms with Crippen LogP contribution in [0.4, 0.5) is 0 Å². The summed E-state index contributed by atoms with van der Waals surface area (Å²) in [7, 11) is -3.80. The molecule has 6 nitrogen and oxygen atoms in total. The predicted octanol–water partition coefficient (Wildman–Crippen LogP) is 1.85. The van der Waals surface area contributed by atoms with Gasteiger partial charge in [0.25, 0.3) is 0 Å². The molecule has 0 amide bonds. The third kappa shape index (κ3) is 3.87. The average Bonchev–Trinajstić information content (AvgIpc) is 2.54. The molecule has 0 aliphatic carbocycles. The zero-order valence-electron chi connectivity index (χ0n) is 12.5. The van der Waals surface area contributed by atoms with Crippen molar-refractivity contribution in [3.05, 3.63) is 65.7 Å². The highest BCUT2D eigenvalue weighted by Crippen LogP contribution is 2.30. The van der Waals surface area contributed by atoms with E-state index in [1.807, 2.05) is 6.92 Å². The van der Waals surface area contributed by atoms with Crippen LogP contribution in [0.3, 0.4) is 0 Å². The number of guanidine groups is 1. The highest BCUT2D eigenvalue weighted by Gasteiger charge is 2.29. The maximum atomic E-state index is 12.9. The van der Waals surface area contributed by atoms with Gasteiger partial charge in [0, 0.05) is 0 Å². The number of benzene rings is 2. The lowest BCUT2D eigenvalue weighted by molar-refractivity contribution is 0.583. The SMILES string of the molecule is Cc1ccc(S(=O)(=O)C(/N=C(/N)NC#N)c2ccccc2)cc1. The van der Waals surface area contributed by atoms with E-state index in [0.717, 1.165) is 5.56 Å². The molecule has 2 aromatic rings. The summed E-state index contributed by atoms with van der Waals surface area (Å²) in [6, 6.07) is 15.0. The van der Waals surface area contributed by atoms with Crippen LogP contribution in [0, 0.1) is 18.4 Å². The Bertz CT molecular complexity index is 838. The predicted molar refractivity (Wildman–Crippen MR) is 87.9 cm³/mol. The van der Waals surface area contributed by atoms with E-state index in [9.17, 15) is 8.42 Å². The van der Waals surface area contributed by atoms with Crippen molar-refractivity contribution in [1.29, 1.82) is 5.26 Å². The lowest BCUT2D eigenvalue weighted by atomic mass is 10.2. The first-order chi connectivity index (χ1) is 10.9. The quantitative estimate of drug-likeness (QED) is 0.385. The Kier molecular flexibility index (Phi) is 4.98. The molecule has 0 radical (unpaired) electrons. The number of aryl methyl sites for hydroxylation is 1. The van der Waals surface area contributed by atoms with Gasteiger partial charge in [-0.3, -0.25) is 5.32 Å². The summed E-state index contributed by atoms with van der Waals surface area (Å²) in [5.74, 6) is -0.253. The topological polar surface area (TPSA) is 108 Å². The molecular weight excluding hydrogens is 312 g/mol. The lowest BCUT2D eigenvalue weighted by Gasteiger charge is -2.15. The summed E-state index contributed by atoms with van der Waals surface area (Å²) in [5, 5.41) is 9.52. The van der Waals surface area contributed by atoms with Crippen molar-refractivity contribution < 1.29 is 8.42 Å². The molecule has 2 aromatic carbocycles. The standard InChI is InChI=1S/C16H16N4O2S/c1-12-7-9-14(10-8-12)23(21,22)15(20-16(18)19-11-17)13-5-3-2-4-6-13/h2-10,15H,1H3,(H3,18,19,20). The largest absolute Gasteiger partial charge is 0.369 e. The maximum absolute atomic E-state index is 12.9. The molecule has 3 N–H and O–H groups in total. The molecule has 0 saturated carbocycles. The first-order valence-corrected chi connectivity index (χ1v) is 8.33. The summed E-state index contributed by atoms with van der Waals surface area (Å²) < 4.78 is 25.8. The number of nitriles is 1. The van der Waals surface area contributed by atoms with Crippen molar-refractivity contribution in [1.82, 2.24) is 5.32 Å². The van der Waals surface area contributed by atoms with Gasteiger partial charge in [0.2, 0.25) is 15.8 Å². The summed E-state index contributed by atoms with van der Waals surface area (Å²) in [6.07, 6.45) is 1.62. The van der Waals surface area contributed by atoms with E-state index in [1.54, 1.807) is 48.7 Å². The van der Waals surface area contributed by atoms with Crippen LogP contribution in [0.5, 0.6) is 0 Å². The smallest absolute Gasteiger partial charge is 0.205 e. The fourth-order valence-electron chi connectivity index (χ4n) is 2.01. The van der Waals surface area contributed by atoms with Gasteiger partial charge in [0.15, 0.2) is 11.6 Å². The van der Waals surface area contributed by atoms with Gasteiger partial charge in [0.05, 0.1) is 4.90 Å². The normalized spacial score (nSPS) is 13.1. The number of sulfone groups is 1. The number of rotatable bonds is 4. The molecule has 0 aliphatic rings. The van der Waals surface area contributed by atoms with Gasteiger partial charge in [-0.05, 0) is 24.6 Å². The number of aliphatic imine (C=N–C) groups is 1. The Balaban J connectivity index is 2.55. The van der Waals surface area contributed by atoms with Crippen molar-refractivity contribution in [2.75, 3.05) is 0 Å². The van der Waals surface area contributed by atoms with Crippen LogP contribution >= 0.6 is 0 Å². The lowest BCUT2D eigenvalue weighted by Crippen LogP contribution is -2.29. The molecule has 23 heavy (non-hydrogen) atoms. The molecule has 0 saturated heterocycles. The second-order valence-corrected chi connectivity index (χ2v) is 6.88. The van der Waals surface area contributed by atoms with E-state index in [4.69, 9.17) is 11.0 Å². The number of nitrogens with two attached hydrogens (primary N) is 1. The van der Waals surface area contributed by atoms with Crippen LogP contribution in [0.15, 0.2) is 64.5 Å². The van der Waals surface area contributed by atoms with E-state index >= 15 is 0 Å². The molecule has 0 spiro atoms. The zero-order chi connectivity index (χ0) is 16.9. The Morgan fingerprint density at radius 1 is 1.17 bits per heavy atom. The van der Waals surface area contributed by atoms with E-state index in [-0.39, 0.29) is 10.9 Å². The molecular formula is C16H16N4O2S. The third-order valence-electron chi connectivity index (χ3n) is 3.17. The molecule has 0 bridgehead atoms. The fraction of sp³-hybridized carbons (Fsp3) is 0.125. The van der Waals surface area contributed by atoms with Gasteiger partial charge in [-0.15, -0.1) is 0 Å². The molecule has 1 atom stereocenters. The second-order valence-electron chi connectivity index (χ2n) is 4.87. The molecule has 0 heterocycles. The van der Waals surface area contributed by atoms with Gasteiger partial charge < -0.3 is 5.73 Å². The minimum absolute atomic E-state index is 0.144. The minimum Gasteiger partial charge on any atom is -0.369 e. The van der Waals surface area contributed by atoms with Gasteiger partial charge in [0.1, 0.15) is 0 Å². The molecule has 0 aromatic heterocycles. The second kappa shape index (κ2) is 6.94. The Morgan fingerprint density at radius 3 is 2.35 bits per heavy atom. The molecule has 118 valence electrons. The van der Waals surface area contributed by atoms with E-state index in [2.05, 4.69) is 10.3 Å². The number of hydrogen-bond donors (Lipinski definition) is 2. The maximum Gasteiger partial charge on any atom is 0.205 e. The van der Waals surface area contributed by atoms with Crippen molar-refractivity contribution in [3.63, 3.8) is 0 Å². The van der Waals surface area contributed by atoms with Crippen molar-refractivity contribution >= 4 is 15.8 Å². The number of nitrogens with one attached hydrogen (secondary N) is 1. The van der Waals surface area contributed by atoms with Crippen LogP contribution in [0.2, 0.25) is 0 Å². The van der Waals surface area contributed by atoms with Gasteiger partial charge >= 0.3 is 0 Å². The summed E-state index contributed by atoms with van der Waals surface area (Å²) in [4.78, 5) is 4.12. The molecule has 0 fully saturated rings. The van der Waals surface area contributed by atoms with E-state index in [0.29, 0.717) is 5.56 Å².